The Bertz CT molecular complexity index is 6450. The Morgan fingerprint density at radius 2 is 0.833 bits per heavy atom. The normalized spacial score (nSPS) is 15.4. The topological polar surface area (TPSA) is 388 Å². The number of carboxylic acids is 2. The Morgan fingerprint density at radius 1 is 0.447 bits per heavy atom. The van der Waals surface area contributed by atoms with Gasteiger partial charge >= 0.3 is 18.2 Å². The lowest BCUT2D eigenvalue weighted by atomic mass is 9.90. The number of hydrogen-bond acceptors (Lipinski definition) is 18. The number of nitrogens with zero attached hydrogens (tertiary/aromatic N) is 11. The Balaban J connectivity index is 0.000000137. The fourth-order valence-electron chi connectivity index (χ4n) is 16.6. The first kappa shape index (κ1) is 96.3. The molecule has 2 fully saturated rings. The smallest absolute Gasteiger partial charge is 0.410 e. The molecule has 0 bridgehead atoms. The van der Waals surface area contributed by atoms with E-state index in [0.29, 0.717) is 87.5 Å². The molecule has 32 heteroatoms. The first-order chi connectivity index (χ1) is 63.2. The van der Waals surface area contributed by atoms with Gasteiger partial charge in [-0.05, 0) is 264 Å². The summed E-state index contributed by atoms with van der Waals surface area (Å²) in [4.78, 5) is 89.1. The minimum absolute atomic E-state index is 0.0220. The lowest BCUT2D eigenvalue weighted by Gasteiger charge is -2.31. The Kier molecular flexibility index (Phi) is 31.8. The van der Waals surface area contributed by atoms with Crippen molar-refractivity contribution in [2.24, 2.45) is 0 Å². The molecule has 16 heterocycles. The predicted molar refractivity (Wildman–Crippen MR) is 514 cm³/mol. The minimum atomic E-state index is -3.58. The quantitative estimate of drug-likeness (QED) is 0.0501. The van der Waals surface area contributed by atoms with Crippen molar-refractivity contribution in [2.45, 2.75) is 192 Å². The van der Waals surface area contributed by atoms with E-state index in [9.17, 15) is 36.3 Å². The summed E-state index contributed by atoms with van der Waals surface area (Å²) in [6.45, 7) is 24.4. The molecule has 4 aliphatic heterocycles. The molecule has 30 nitrogen and oxygen atoms in total. The number of ether oxygens (including phenoxy) is 4. The number of sulfonamides is 2. The number of carbonyl (C=O) groups excluding carboxylic acids is 2. The van der Waals surface area contributed by atoms with Crippen molar-refractivity contribution in [3.8, 4) is 11.5 Å². The number of aliphatic carboxylic acids is 2. The second-order valence-electron chi connectivity index (χ2n) is 35.4. The number of allylic oxidation sites excluding steroid dienone is 2. The molecular weight excluding hydrogens is 1710 g/mol. The first-order valence-corrected chi connectivity index (χ1v) is 47.5. The van der Waals surface area contributed by atoms with E-state index in [4.69, 9.17) is 28.8 Å². The second kappa shape index (κ2) is 43.6. The average Bonchev–Trinajstić information content (AvgIpc) is 1.60. The van der Waals surface area contributed by atoms with Crippen LogP contribution in [0.25, 0.3) is 82.1 Å². The molecule has 0 atom stereocenters. The van der Waals surface area contributed by atoms with Crippen LogP contribution in [-0.4, -0.2) is 205 Å². The minimum Gasteiger partial charge on any atom is -0.491 e. The summed E-state index contributed by atoms with van der Waals surface area (Å²) in [7, 11) is -7.06. The van der Waals surface area contributed by atoms with Gasteiger partial charge in [-0.3, -0.25) is 39.5 Å². The summed E-state index contributed by atoms with van der Waals surface area (Å²) in [6.07, 6.45) is 49.5. The summed E-state index contributed by atoms with van der Waals surface area (Å²) >= 11 is 0. The molecule has 1 aliphatic carbocycles. The first-order valence-electron chi connectivity index (χ1n) is 44.7. The maximum absolute atomic E-state index is 13.1. The van der Waals surface area contributed by atoms with Crippen molar-refractivity contribution in [3.05, 3.63) is 249 Å². The van der Waals surface area contributed by atoms with Crippen molar-refractivity contribution in [2.75, 3.05) is 52.4 Å². The highest BCUT2D eigenvalue weighted by Gasteiger charge is 2.35. The average molecular weight is 1830 g/mol. The molecule has 19 rings (SSSR count). The van der Waals surface area contributed by atoms with Gasteiger partial charge in [0.2, 0.25) is 20.0 Å². The van der Waals surface area contributed by atoms with Gasteiger partial charge in [0.05, 0.1) is 92.3 Å². The number of carboxylic acid groups (broad SMARTS) is 2. The largest absolute Gasteiger partial charge is 0.491 e. The highest BCUT2D eigenvalue weighted by molar-refractivity contribution is 7.89. The molecule has 2 amide bonds. The number of pyridine rings is 6. The van der Waals surface area contributed by atoms with Crippen molar-refractivity contribution >= 4 is 126 Å². The SMILES string of the molecule is C1=C(c2c[nH]c3cnccc23)CCCC1.CC(=O)O.CC(C)(C)OC(=O)N1CC=C(c2c[nH]c3cnccc23)CC1.CC(C)(C)OC(=O)N1CC=C(c2c[nH]c3cnccc23)CC1.CC(C)Oc1ccc(S(=O)(=O)N2CCC(c3c[nH]c4cnccc34)CC2)cc1.CC(C)Oc1ccc(S(=O)(=O)N2CCC(c3cn(CC(=O)O)c4cnccc34)CC2)cc1.c1cc2cc[nH]c2cn1. The lowest BCUT2D eigenvalue weighted by molar-refractivity contribution is -0.137. The molecule has 2 saturated heterocycles. The van der Waals surface area contributed by atoms with Gasteiger partial charge in [0.15, 0.2) is 0 Å². The van der Waals surface area contributed by atoms with Gasteiger partial charge in [0, 0.05) is 183 Å². The van der Waals surface area contributed by atoms with Crippen LogP contribution in [0.5, 0.6) is 11.5 Å². The molecule has 0 radical (unpaired) electrons. The van der Waals surface area contributed by atoms with E-state index in [1.165, 1.54) is 95.9 Å². The van der Waals surface area contributed by atoms with E-state index in [2.05, 4.69) is 85.3 Å². The van der Waals surface area contributed by atoms with Crippen LogP contribution >= 0.6 is 0 Å². The van der Waals surface area contributed by atoms with Gasteiger partial charge in [-0.25, -0.2) is 26.4 Å². The molecule has 7 N–H and O–H groups in total. The fraction of sp³-hybridized carbons (Fsp3) is 0.360. The van der Waals surface area contributed by atoms with Gasteiger partial charge < -0.3 is 68.4 Å². The second-order valence-corrected chi connectivity index (χ2v) is 39.3. The van der Waals surface area contributed by atoms with E-state index in [1.807, 2.05) is 174 Å². The molecule has 2 aromatic carbocycles. The van der Waals surface area contributed by atoms with Crippen LogP contribution in [0.3, 0.4) is 0 Å². The number of aromatic nitrogens is 12. The van der Waals surface area contributed by atoms with E-state index < -0.39 is 43.2 Å². The number of carbonyl (C=O) groups is 4. The van der Waals surface area contributed by atoms with Crippen molar-refractivity contribution in [3.63, 3.8) is 0 Å². The van der Waals surface area contributed by atoms with Gasteiger partial charge in [0.25, 0.3) is 5.97 Å². The molecule has 694 valence electrons. The lowest BCUT2D eigenvalue weighted by Crippen LogP contribution is -2.39. The number of hydrogen-bond donors (Lipinski definition) is 7. The van der Waals surface area contributed by atoms with E-state index in [0.717, 1.165) is 76.7 Å². The van der Waals surface area contributed by atoms with Crippen LogP contribution in [-0.2, 0) is 45.7 Å². The molecule has 0 spiro atoms. The van der Waals surface area contributed by atoms with Gasteiger partial charge in [-0.2, -0.15) is 8.61 Å². The summed E-state index contributed by atoms with van der Waals surface area (Å²) < 4.78 is 79.1. The highest BCUT2D eigenvalue weighted by Crippen LogP contribution is 2.40. The summed E-state index contributed by atoms with van der Waals surface area (Å²) in [5.41, 5.74) is 15.3. The number of nitrogens with one attached hydrogen (secondary N) is 5. The monoisotopic (exact) mass is 1830 g/mol. The number of piperidine rings is 2. The van der Waals surface area contributed by atoms with Gasteiger partial charge in [-0.1, -0.05) is 18.2 Å². The zero-order valence-electron chi connectivity index (χ0n) is 76.6. The Labute approximate surface area is 769 Å². The Hall–Kier alpha value is -13.3. The number of rotatable bonds is 15. The maximum Gasteiger partial charge on any atom is 0.410 e. The third-order valence-electron chi connectivity index (χ3n) is 22.8. The summed E-state index contributed by atoms with van der Waals surface area (Å²) in [5.74, 6) is 0.0852. The third kappa shape index (κ3) is 25.3. The van der Waals surface area contributed by atoms with Crippen molar-refractivity contribution in [1.29, 1.82) is 0 Å². The van der Waals surface area contributed by atoms with Crippen molar-refractivity contribution in [1.82, 2.24) is 77.8 Å². The van der Waals surface area contributed by atoms with Crippen LogP contribution in [0.1, 0.15) is 180 Å². The maximum atomic E-state index is 13.1. The van der Waals surface area contributed by atoms with Crippen LogP contribution in [0.4, 0.5) is 9.59 Å². The van der Waals surface area contributed by atoms with Gasteiger partial charge in [-0.15, -0.1) is 0 Å². The molecule has 0 saturated carbocycles. The summed E-state index contributed by atoms with van der Waals surface area (Å²) in [6, 6.07) is 27.3. The zero-order chi connectivity index (χ0) is 93.9. The molecular formula is C100H118N16O14S2. The molecule has 132 heavy (non-hydrogen) atoms. The fourth-order valence-corrected chi connectivity index (χ4v) is 19.6. The van der Waals surface area contributed by atoms with Crippen LogP contribution < -0.4 is 9.47 Å². The van der Waals surface area contributed by atoms with Crippen LogP contribution in [0.15, 0.2) is 231 Å². The van der Waals surface area contributed by atoms with E-state index in [1.54, 1.807) is 104 Å². The number of benzene rings is 2. The van der Waals surface area contributed by atoms with Gasteiger partial charge in [0.1, 0.15) is 29.2 Å². The highest BCUT2D eigenvalue weighted by atomic mass is 32.2. The molecule has 5 aliphatic rings. The molecule has 12 aromatic heterocycles. The molecule has 0 unspecified atom stereocenters. The predicted octanol–water partition coefficient (Wildman–Crippen LogP) is 19.7. The number of H-pyrrole nitrogens is 5. The van der Waals surface area contributed by atoms with Crippen molar-refractivity contribution < 1.29 is 65.2 Å². The standard InChI is InChI=1S/C23H27N3O5S.C21H25N3O3S.2C17H21N3O2.C13H14N2.C7H6N2.C2H4O2/c1-16(2)31-18-3-5-19(6-4-18)32(29,30)26-11-8-17(9-12-26)21-14-25(15-23(27)28)22-13-24-10-7-20(21)22;1-15(2)27-17-3-5-18(6-4-17)28(25,26)24-11-8-16(9-12-24)20-13-23-21-14-22-10-7-19(20)21;2*1-17(2,3)22-16(21)20-8-5-12(6-9-20)14-10-19-15-11-18-7-4-13(14)15;1-2-4-10(5-3-1)12-8-15-13-9-14-7-6-11(12)13;1-3-8-5-7-6(1)2-4-9-7;1-2(3)4/h3-7,10,13-14,16-17H,8-9,11-12,15H2,1-2H3,(H,27,28);3-7,10,13-16,23H,8-9,11-12H2,1-2H3;2*4-5,7,10-11,19H,6,8-9H2,1-3H3;4,6-9,15H,1-3,5H2;1-5,9H;1H3,(H,3,4). The number of aromatic amines is 5. The number of amides is 2. The third-order valence-corrected chi connectivity index (χ3v) is 26.7. The van der Waals surface area contributed by atoms with Crippen LogP contribution in [0, 0.1) is 0 Å². The Morgan fingerprint density at radius 3 is 1.23 bits per heavy atom. The number of fused-ring (bicyclic) bond motifs is 6. The van der Waals surface area contributed by atoms with E-state index in [-0.39, 0.29) is 41.8 Å². The molecule has 14 aromatic rings. The summed E-state index contributed by atoms with van der Waals surface area (Å²) in [5, 5.41) is 23.6. The van der Waals surface area contributed by atoms with E-state index >= 15 is 0 Å². The van der Waals surface area contributed by atoms with Crippen LogP contribution in [0.2, 0.25) is 0 Å². The zero-order valence-corrected chi connectivity index (χ0v) is 78.2.